The first-order valence-corrected chi connectivity index (χ1v) is 4.10. The van der Waals surface area contributed by atoms with Crippen molar-refractivity contribution in [3.63, 3.8) is 0 Å². The molecule has 0 aliphatic carbocycles. The maximum atomic E-state index is 6.53. The Bertz CT molecular complexity index is 207. The summed E-state index contributed by atoms with van der Waals surface area (Å²) < 4.78 is 0. The molecule has 0 aliphatic rings. The number of nitrogens with zero attached hydrogens (tertiary/aromatic N) is 1. The van der Waals surface area contributed by atoms with Gasteiger partial charge in [0.15, 0.2) is 0 Å². The molecule has 0 aromatic heterocycles. The minimum absolute atomic E-state index is 0.0848. The fourth-order valence-electron chi connectivity index (χ4n) is 0.595. The van der Waals surface area contributed by atoms with Crippen LogP contribution in [0.1, 0.15) is 20.8 Å². The van der Waals surface area contributed by atoms with Crippen molar-refractivity contribution in [1.29, 1.82) is 0 Å². The quantitative estimate of drug-likeness (QED) is 0.380. The summed E-state index contributed by atoms with van der Waals surface area (Å²) in [6, 6.07) is 0. The van der Waals surface area contributed by atoms with Gasteiger partial charge in [0, 0.05) is 5.41 Å². The fourth-order valence-corrected chi connectivity index (χ4v) is 0.595. The molecule has 0 aromatic rings. The Balaban J connectivity index is 3.42. The molecule has 0 aliphatic heterocycles. The highest BCUT2D eigenvalue weighted by Gasteiger charge is 2.02. The lowest BCUT2D eigenvalue weighted by molar-refractivity contribution is 0.570. The van der Waals surface area contributed by atoms with Crippen molar-refractivity contribution < 1.29 is 0 Å². The molecule has 0 saturated carbocycles. The Morgan fingerprint density at radius 3 is 2.58 bits per heavy atom. The van der Waals surface area contributed by atoms with Crippen molar-refractivity contribution in [3.8, 4) is 11.8 Å². The SMILES string of the molecule is [C-]#[N+]CCNCC#CC(C)(C)C. The molecule has 0 rings (SSSR count). The van der Waals surface area contributed by atoms with Crippen molar-refractivity contribution in [3.05, 3.63) is 11.4 Å². The number of rotatable bonds is 3. The van der Waals surface area contributed by atoms with Crippen LogP contribution in [0.4, 0.5) is 0 Å². The summed E-state index contributed by atoms with van der Waals surface area (Å²) in [6.45, 7) is 14.7. The predicted molar refractivity (Wildman–Crippen MR) is 51.6 cm³/mol. The summed E-state index contributed by atoms with van der Waals surface area (Å²) in [5, 5.41) is 3.07. The molecule has 0 amide bonds. The molecule has 0 radical (unpaired) electrons. The predicted octanol–water partition coefficient (Wildman–Crippen LogP) is 1.54. The summed E-state index contributed by atoms with van der Waals surface area (Å²) >= 11 is 0. The summed E-state index contributed by atoms with van der Waals surface area (Å²) in [5.41, 5.74) is 0.0848. The largest absolute Gasteiger partial charge is 0.316 e. The second-order valence-electron chi connectivity index (χ2n) is 3.61. The molecule has 0 aromatic carbocycles. The monoisotopic (exact) mass is 164 g/mol. The average molecular weight is 164 g/mol. The molecule has 12 heavy (non-hydrogen) atoms. The van der Waals surface area contributed by atoms with Crippen LogP contribution in [0.5, 0.6) is 0 Å². The van der Waals surface area contributed by atoms with Gasteiger partial charge in [-0.2, -0.15) is 0 Å². The average Bonchev–Trinajstić information content (AvgIpc) is 1.94. The van der Waals surface area contributed by atoms with Gasteiger partial charge >= 0.3 is 0 Å². The molecule has 0 bridgehead atoms. The Hall–Kier alpha value is -0.990. The first-order valence-electron chi connectivity index (χ1n) is 4.10. The van der Waals surface area contributed by atoms with E-state index in [0.29, 0.717) is 13.1 Å². The lowest BCUT2D eigenvalue weighted by Gasteiger charge is -2.06. The Labute approximate surface area is 75.2 Å². The molecule has 2 heteroatoms. The number of hydrogen-bond acceptors (Lipinski definition) is 1. The molecule has 0 heterocycles. The van der Waals surface area contributed by atoms with Crippen molar-refractivity contribution in [1.82, 2.24) is 5.32 Å². The minimum Gasteiger partial charge on any atom is -0.316 e. The van der Waals surface area contributed by atoms with E-state index in [1.54, 1.807) is 0 Å². The van der Waals surface area contributed by atoms with E-state index in [2.05, 4.69) is 42.8 Å². The van der Waals surface area contributed by atoms with Crippen LogP contribution in [-0.4, -0.2) is 19.6 Å². The molecule has 0 spiro atoms. The van der Waals surface area contributed by atoms with E-state index in [1.807, 2.05) is 0 Å². The highest BCUT2D eigenvalue weighted by molar-refractivity contribution is 5.08. The van der Waals surface area contributed by atoms with Gasteiger partial charge in [0.05, 0.1) is 13.1 Å². The second kappa shape index (κ2) is 5.63. The third-order valence-corrected chi connectivity index (χ3v) is 1.08. The van der Waals surface area contributed by atoms with Gasteiger partial charge in [-0.05, 0) is 20.8 Å². The van der Waals surface area contributed by atoms with E-state index in [9.17, 15) is 0 Å². The van der Waals surface area contributed by atoms with Gasteiger partial charge in [0.1, 0.15) is 0 Å². The molecule has 0 atom stereocenters. The van der Waals surface area contributed by atoms with Gasteiger partial charge in [-0.1, -0.05) is 11.8 Å². The van der Waals surface area contributed by atoms with Crippen LogP contribution in [0, 0.1) is 23.8 Å². The van der Waals surface area contributed by atoms with Gasteiger partial charge in [-0.25, -0.2) is 6.57 Å². The molecular formula is C10H16N2. The Morgan fingerprint density at radius 2 is 2.08 bits per heavy atom. The van der Waals surface area contributed by atoms with Crippen molar-refractivity contribution in [2.45, 2.75) is 20.8 Å². The highest BCUT2D eigenvalue weighted by atomic mass is 14.9. The maximum Gasteiger partial charge on any atom is 0.226 e. The van der Waals surface area contributed by atoms with Crippen LogP contribution in [0.3, 0.4) is 0 Å². The van der Waals surface area contributed by atoms with E-state index in [1.165, 1.54) is 0 Å². The molecular weight excluding hydrogens is 148 g/mol. The van der Waals surface area contributed by atoms with Gasteiger partial charge < -0.3 is 4.85 Å². The van der Waals surface area contributed by atoms with Crippen LogP contribution in [0.15, 0.2) is 0 Å². The zero-order valence-corrected chi connectivity index (χ0v) is 8.07. The third-order valence-electron chi connectivity index (χ3n) is 1.08. The Morgan fingerprint density at radius 1 is 1.42 bits per heavy atom. The van der Waals surface area contributed by atoms with Crippen LogP contribution in [-0.2, 0) is 0 Å². The molecule has 0 saturated heterocycles. The standard InChI is InChI=1S/C10H16N2/c1-10(2,3)6-5-7-12-9-8-11-4/h12H,7-9H2,1-3H3. The smallest absolute Gasteiger partial charge is 0.226 e. The number of nitrogens with one attached hydrogen (secondary N) is 1. The second-order valence-corrected chi connectivity index (χ2v) is 3.61. The molecule has 0 fully saturated rings. The molecule has 66 valence electrons. The van der Waals surface area contributed by atoms with E-state index in [4.69, 9.17) is 6.57 Å². The zero-order valence-electron chi connectivity index (χ0n) is 8.07. The highest BCUT2D eigenvalue weighted by Crippen LogP contribution is 2.09. The van der Waals surface area contributed by atoms with Crippen LogP contribution < -0.4 is 5.32 Å². The van der Waals surface area contributed by atoms with Crippen molar-refractivity contribution in [2.75, 3.05) is 19.6 Å². The van der Waals surface area contributed by atoms with E-state index in [0.717, 1.165) is 6.54 Å². The van der Waals surface area contributed by atoms with Crippen LogP contribution in [0.2, 0.25) is 0 Å². The lowest BCUT2D eigenvalue weighted by atomic mass is 9.98. The van der Waals surface area contributed by atoms with Gasteiger partial charge in [0.2, 0.25) is 6.54 Å². The van der Waals surface area contributed by atoms with Crippen molar-refractivity contribution >= 4 is 0 Å². The minimum atomic E-state index is 0.0848. The zero-order chi connectivity index (χ0) is 9.45. The van der Waals surface area contributed by atoms with E-state index in [-0.39, 0.29) is 5.41 Å². The van der Waals surface area contributed by atoms with Crippen LogP contribution >= 0.6 is 0 Å². The topological polar surface area (TPSA) is 16.4 Å². The first-order chi connectivity index (χ1) is 5.56. The first kappa shape index (κ1) is 11.0. The molecule has 0 unspecified atom stereocenters. The summed E-state index contributed by atoms with van der Waals surface area (Å²) in [5.74, 6) is 6.13. The Kier molecular flexibility index (Phi) is 5.17. The van der Waals surface area contributed by atoms with Crippen LogP contribution in [0.25, 0.3) is 4.85 Å². The third kappa shape index (κ3) is 9.01. The van der Waals surface area contributed by atoms with Gasteiger partial charge in [-0.15, -0.1) is 0 Å². The summed E-state index contributed by atoms with van der Waals surface area (Å²) in [7, 11) is 0. The summed E-state index contributed by atoms with van der Waals surface area (Å²) in [4.78, 5) is 3.22. The van der Waals surface area contributed by atoms with Crippen molar-refractivity contribution in [2.24, 2.45) is 5.41 Å². The van der Waals surface area contributed by atoms with Gasteiger partial charge in [-0.3, -0.25) is 5.32 Å². The maximum absolute atomic E-state index is 6.53. The normalized spacial score (nSPS) is 9.83. The van der Waals surface area contributed by atoms with Gasteiger partial charge in [0.25, 0.3) is 0 Å². The fraction of sp³-hybridized carbons (Fsp3) is 0.700. The molecule has 2 nitrogen and oxygen atoms in total. The molecule has 1 N–H and O–H groups in total. The van der Waals surface area contributed by atoms with E-state index >= 15 is 0 Å². The van der Waals surface area contributed by atoms with E-state index < -0.39 is 0 Å². The lowest BCUT2D eigenvalue weighted by Crippen LogP contribution is -2.17. The number of hydrogen-bond donors (Lipinski definition) is 1. The summed E-state index contributed by atoms with van der Waals surface area (Å²) in [6.07, 6.45) is 0.